The van der Waals surface area contributed by atoms with Crippen molar-refractivity contribution >= 4 is 34.8 Å². The molecule has 7 nitrogen and oxygen atoms in total. The number of fused-ring (bicyclic) bond motifs is 1. The number of nitrogens with one attached hydrogen (secondary N) is 2. The third-order valence-electron chi connectivity index (χ3n) is 3.33. The first kappa shape index (κ1) is 14.4. The number of hydrogen-bond donors (Lipinski definition) is 2. The van der Waals surface area contributed by atoms with E-state index in [2.05, 4.69) is 15.7 Å². The van der Waals surface area contributed by atoms with Gasteiger partial charge in [0, 0.05) is 18.3 Å². The van der Waals surface area contributed by atoms with Gasteiger partial charge >= 0.3 is 0 Å². The summed E-state index contributed by atoms with van der Waals surface area (Å²) < 4.78 is 7.16. The molecule has 0 radical (unpaired) electrons. The Morgan fingerprint density at radius 2 is 2.27 bits per heavy atom. The van der Waals surface area contributed by atoms with Gasteiger partial charge in [0.15, 0.2) is 0 Å². The molecule has 0 saturated carbocycles. The van der Waals surface area contributed by atoms with Gasteiger partial charge in [-0.05, 0) is 25.1 Å². The number of carbonyl (C=O) groups is 2. The smallest absolute Gasteiger partial charge is 0.278 e. The standard InChI is InChI=1S/C14H13ClN4O3/c1-14(12(20)17-9-6-16-19(2)7-9)13(21)18-10-5-8(15)3-4-11(10)22-14/h3-7H,1-2H3,(H,17,20)(H,18,21)/t14-/m0/s1. The van der Waals surface area contributed by atoms with E-state index in [0.717, 1.165) is 0 Å². The van der Waals surface area contributed by atoms with Crippen LogP contribution in [0, 0.1) is 0 Å². The Balaban J connectivity index is 1.87. The molecule has 1 aliphatic heterocycles. The van der Waals surface area contributed by atoms with Crippen molar-refractivity contribution in [1.29, 1.82) is 0 Å². The van der Waals surface area contributed by atoms with Crippen molar-refractivity contribution in [2.45, 2.75) is 12.5 Å². The van der Waals surface area contributed by atoms with Gasteiger partial charge in [-0.3, -0.25) is 14.3 Å². The van der Waals surface area contributed by atoms with Crippen LogP contribution in [0.25, 0.3) is 0 Å². The molecule has 3 rings (SSSR count). The average Bonchev–Trinajstić information content (AvgIpc) is 2.86. The number of hydrogen-bond acceptors (Lipinski definition) is 4. The molecule has 0 fully saturated rings. The molecule has 0 unspecified atom stereocenters. The molecule has 2 N–H and O–H groups in total. The second kappa shape index (κ2) is 5.03. The summed E-state index contributed by atoms with van der Waals surface area (Å²) in [6.07, 6.45) is 3.10. The lowest BCUT2D eigenvalue weighted by molar-refractivity contribution is -0.143. The van der Waals surface area contributed by atoms with E-state index in [4.69, 9.17) is 16.3 Å². The van der Waals surface area contributed by atoms with Crippen molar-refractivity contribution in [2.24, 2.45) is 7.05 Å². The topological polar surface area (TPSA) is 85.3 Å². The summed E-state index contributed by atoms with van der Waals surface area (Å²) >= 11 is 5.87. The molecule has 0 aliphatic carbocycles. The first-order chi connectivity index (χ1) is 10.4. The first-order valence-corrected chi connectivity index (χ1v) is 6.86. The van der Waals surface area contributed by atoms with Crippen LogP contribution in [0.2, 0.25) is 5.02 Å². The number of amides is 2. The molecule has 2 amide bonds. The number of aryl methyl sites for hydroxylation is 1. The molecule has 0 spiro atoms. The lowest BCUT2D eigenvalue weighted by Gasteiger charge is -2.33. The van der Waals surface area contributed by atoms with Gasteiger partial charge in [-0.25, -0.2) is 0 Å². The third kappa shape index (κ3) is 2.39. The van der Waals surface area contributed by atoms with Crippen LogP contribution in [0.5, 0.6) is 5.75 Å². The highest BCUT2D eigenvalue weighted by molar-refractivity contribution is 6.31. The number of anilines is 2. The van der Waals surface area contributed by atoms with Crippen molar-refractivity contribution in [3.8, 4) is 5.75 Å². The maximum absolute atomic E-state index is 12.4. The quantitative estimate of drug-likeness (QED) is 0.826. The monoisotopic (exact) mass is 320 g/mol. The Hall–Kier alpha value is -2.54. The van der Waals surface area contributed by atoms with E-state index in [1.807, 2.05) is 0 Å². The molecule has 1 atom stereocenters. The van der Waals surface area contributed by atoms with Crippen molar-refractivity contribution in [3.63, 3.8) is 0 Å². The van der Waals surface area contributed by atoms with Gasteiger partial charge in [0.25, 0.3) is 17.4 Å². The van der Waals surface area contributed by atoms with Gasteiger partial charge in [0.05, 0.1) is 17.6 Å². The minimum absolute atomic E-state index is 0.382. The summed E-state index contributed by atoms with van der Waals surface area (Å²) in [5, 5.41) is 9.66. The molecule has 0 bridgehead atoms. The summed E-state index contributed by atoms with van der Waals surface area (Å²) in [6.45, 7) is 1.41. The maximum Gasteiger partial charge on any atom is 0.278 e. The molecule has 2 heterocycles. The molecule has 2 aromatic rings. The second-order valence-corrected chi connectivity index (χ2v) is 5.52. The van der Waals surface area contributed by atoms with Crippen LogP contribution in [-0.2, 0) is 16.6 Å². The summed E-state index contributed by atoms with van der Waals surface area (Å²) in [7, 11) is 1.72. The lowest BCUT2D eigenvalue weighted by atomic mass is 10.0. The zero-order valence-corrected chi connectivity index (χ0v) is 12.6. The molecule has 1 aromatic carbocycles. The Bertz CT molecular complexity index is 773. The van der Waals surface area contributed by atoms with Gasteiger partial charge in [-0.1, -0.05) is 11.6 Å². The molecule has 114 valence electrons. The fourth-order valence-corrected chi connectivity index (χ4v) is 2.25. The van der Waals surface area contributed by atoms with Crippen LogP contribution in [0.1, 0.15) is 6.92 Å². The van der Waals surface area contributed by atoms with Gasteiger partial charge in [0.2, 0.25) is 0 Å². The fourth-order valence-electron chi connectivity index (χ4n) is 2.08. The minimum Gasteiger partial charge on any atom is -0.466 e. The van der Waals surface area contributed by atoms with E-state index >= 15 is 0 Å². The number of aromatic nitrogens is 2. The number of nitrogens with zero attached hydrogens (tertiary/aromatic N) is 2. The Morgan fingerprint density at radius 3 is 2.95 bits per heavy atom. The number of halogens is 1. The lowest BCUT2D eigenvalue weighted by Crippen LogP contribution is -2.56. The normalized spacial score (nSPS) is 19.9. The summed E-state index contributed by atoms with van der Waals surface area (Å²) in [6, 6.07) is 4.79. The highest BCUT2D eigenvalue weighted by atomic mass is 35.5. The SMILES string of the molecule is Cn1cc(NC(=O)[C@]2(C)Oc3ccc(Cl)cc3NC2=O)cn1. The van der Waals surface area contributed by atoms with Crippen LogP contribution in [0.15, 0.2) is 30.6 Å². The van der Waals surface area contributed by atoms with E-state index in [1.54, 1.807) is 31.4 Å². The molecular formula is C14H13ClN4O3. The zero-order valence-electron chi connectivity index (χ0n) is 11.9. The number of carbonyl (C=O) groups excluding carboxylic acids is 2. The van der Waals surface area contributed by atoms with E-state index in [9.17, 15) is 9.59 Å². The minimum atomic E-state index is -1.68. The highest BCUT2D eigenvalue weighted by Crippen LogP contribution is 2.35. The highest BCUT2D eigenvalue weighted by Gasteiger charge is 2.47. The van der Waals surface area contributed by atoms with Crippen molar-refractivity contribution < 1.29 is 14.3 Å². The van der Waals surface area contributed by atoms with Crippen LogP contribution in [0.4, 0.5) is 11.4 Å². The second-order valence-electron chi connectivity index (χ2n) is 5.09. The van der Waals surface area contributed by atoms with E-state index < -0.39 is 17.4 Å². The fraction of sp³-hybridized carbons (Fsp3) is 0.214. The van der Waals surface area contributed by atoms with Crippen molar-refractivity contribution in [2.75, 3.05) is 10.6 Å². The van der Waals surface area contributed by atoms with E-state index in [1.165, 1.54) is 17.8 Å². The van der Waals surface area contributed by atoms with Gasteiger partial charge in [-0.15, -0.1) is 0 Å². The maximum atomic E-state index is 12.4. The predicted octanol–water partition coefficient (Wildman–Crippen LogP) is 1.80. The summed E-state index contributed by atoms with van der Waals surface area (Å²) in [5.74, 6) is -0.768. The van der Waals surface area contributed by atoms with E-state index in [0.29, 0.717) is 22.1 Å². The van der Waals surface area contributed by atoms with Crippen LogP contribution in [-0.4, -0.2) is 27.2 Å². The molecule has 1 aliphatic rings. The molecule has 0 saturated heterocycles. The Kier molecular flexibility index (Phi) is 3.29. The Labute approximate surface area is 131 Å². The molecule has 1 aromatic heterocycles. The van der Waals surface area contributed by atoms with E-state index in [-0.39, 0.29) is 0 Å². The van der Waals surface area contributed by atoms with Gasteiger partial charge in [0.1, 0.15) is 5.75 Å². The number of rotatable bonds is 2. The van der Waals surface area contributed by atoms with Crippen LogP contribution >= 0.6 is 11.6 Å². The largest absolute Gasteiger partial charge is 0.466 e. The van der Waals surface area contributed by atoms with Gasteiger partial charge in [-0.2, -0.15) is 5.10 Å². The van der Waals surface area contributed by atoms with Crippen LogP contribution < -0.4 is 15.4 Å². The third-order valence-corrected chi connectivity index (χ3v) is 3.57. The molecular weight excluding hydrogens is 308 g/mol. The van der Waals surface area contributed by atoms with Crippen molar-refractivity contribution in [1.82, 2.24) is 9.78 Å². The van der Waals surface area contributed by atoms with Gasteiger partial charge < -0.3 is 15.4 Å². The predicted molar refractivity (Wildman–Crippen MR) is 81.0 cm³/mol. The number of ether oxygens (including phenoxy) is 1. The molecule has 22 heavy (non-hydrogen) atoms. The molecule has 8 heteroatoms. The first-order valence-electron chi connectivity index (χ1n) is 6.48. The zero-order chi connectivity index (χ0) is 15.9. The Morgan fingerprint density at radius 1 is 1.50 bits per heavy atom. The number of benzene rings is 1. The summed E-state index contributed by atoms with van der Waals surface area (Å²) in [4.78, 5) is 24.7. The average molecular weight is 321 g/mol. The van der Waals surface area contributed by atoms with Crippen molar-refractivity contribution in [3.05, 3.63) is 35.6 Å². The summed E-state index contributed by atoms with van der Waals surface area (Å²) in [5.41, 5.74) is -0.771. The van der Waals surface area contributed by atoms with Crippen LogP contribution in [0.3, 0.4) is 0 Å².